The van der Waals surface area contributed by atoms with Gasteiger partial charge >= 0.3 is 5.92 Å². The van der Waals surface area contributed by atoms with Gasteiger partial charge in [-0.25, -0.2) is 4.99 Å². The lowest BCUT2D eigenvalue weighted by Gasteiger charge is -2.38. The van der Waals surface area contributed by atoms with Gasteiger partial charge in [0, 0.05) is 42.4 Å². The van der Waals surface area contributed by atoms with Gasteiger partial charge in [0.05, 0.1) is 24.4 Å². The Morgan fingerprint density at radius 3 is 2.65 bits per heavy atom. The molecule has 1 heterocycles. The van der Waals surface area contributed by atoms with E-state index in [0.29, 0.717) is 37.4 Å². The molecule has 3 rings (SSSR count). The number of nitrogens with one attached hydrogen (secondary N) is 1. The zero-order chi connectivity index (χ0) is 27.3. The molecule has 1 aromatic carbocycles. The Hall–Kier alpha value is -4.02. The van der Waals surface area contributed by atoms with Crippen LogP contribution < -0.4 is 16.8 Å². The molecule has 1 aliphatic heterocycles. The molecule has 2 unspecified atom stereocenters. The number of aliphatic imine (C=N–C) groups is 1. The summed E-state index contributed by atoms with van der Waals surface area (Å²) >= 11 is 0. The molecule has 0 radical (unpaired) electrons. The van der Waals surface area contributed by atoms with E-state index in [1.165, 1.54) is 0 Å². The summed E-state index contributed by atoms with van der Waals surface area (Å²) in [5.74, 6) is -5.52. The third-order valence-electron chi connectivity index (χ3n) is 6.25. The highest BCUT2D eigenvalue weighted by Crippen LogP contribution is 2.33. The SMILES string of the molecule is C=COC(=NC(=C)c1ccc2c(c1)C(=O)N(C1CCCCC1NC(=O)C/C(N)=C/C(N)=O)C2)C(C)(F)F. The number of ether oxygens (including phenoxy) is 1. The number of hydrogen-bond donors (Lipinski definition) is 3. The number of carbonyl (C=O) groups excluding carboxylic acids is 3. The zero-order valence-corrected chi connectivity index (χ0v) is 20.6. The van der Waals surface area contributed by atoms with Crippen LogP contribution in [-0.2, 0) is 20.9 Å². The van der Waals surface area contributed by atoms with E-state index in [4.69, 9.17) is 16.2 Å². The van der Waals surface area contributed by atoms with Crippen molar-refractivity contribution in [3.05, 3.63) is 66.1 Å². The molecule has 0 spiro atoms. The molecule has 5 N–H and O–H groups in total. The predicted octanol–water partition coefficient (Wildman–Crippen LogP) is 2.97. The van der Waals surface area contributed by atoms with Crippen molar-refractivity contribution >= 4 is 29.3 Å². The molecule has 11 heteroatoms. The first-order valence-electron chi connectivity index (χ1n) is 11.8. The number of fused-ring (bicyclic) bond motifs is 1. The summed E-state index contributed by atoms with van der Waals surface area (Å²) in [5, 5.41) is 2.94. The summed E-state index contributed by atoms with van der Waals surface area (Å²) in [6.07, 6.45) is 4.86. The second-order valence-electron chi connectivity index (χ2n) is 9.17. The summed E-state index contributed by atoms with van der Waals surface area (Å²) in [7, 11) is 0. The summed E-state index contributed by atoms with van der Waals surface area (Å²) in [6.45, 7) is 8.04. The van der Waals surface area contributed by atoms with Crippen LogP contribution in [0.15, 0.2) is 54.4 Å². The number of benzene rings is 1. The Kier molecular flexibility index (Phi) is 8.46. The molecular formula is C26H31F2N5O4. The van der Waals surface area contributed by atoms with Crippen LogP contribution in [0.1, 0.15) is 60.5 Å². The van der Waals surface area contributed by atoms with Gasteiger partial charge in [-0.3, -0.25) is 14.4 Å². The molecule has 0 aromatic heterocycles. The molecule has 1 saturated carbocycles. The number of hydrogen-bond acceptors (Lipinski definition) is 6. The quantitative estimate of drug-likeness (QED) is 0.201. The fourth-order valence-corrected chi connectivity index (χ4v) is 4.59. The Balaban J connectivity index is 1.77. The third kappa shape index (κ3) is 6.81. The van der Waals surface area contributed by atoms with E-state index in [9.17, 15) is 23.2 Å². The first-order valence-corrected chi connectivity index (χ1v) is 11.8. The van der Waals surface area contributed by atoms with E-state index >= 15 is 0 Å². The molecule has 1 aliphatic carbocycles. The lowest BCUT2D eigenvalue weighted by molar-refractivity contribution is -0.121. The number of rotatable bonds is 9. The molecule has 2 atom stereocenters. The average Bonchev–Trinajstić information content (AvgIpc) is 3.13. The van der Waals surface area contributed by atoms with Crippen molar-refractivity contribution in [2.75, 3.05) is 0 Å². The number of primary amides is 1. The normalized spacial score (nSPS) is 20.3. The maximum atomic E-state index is 13.8. The highest BCUT2D eigenvalue weighted by Gasteiger charge is 2.39. The third-order valence-corrected chi connectivity index (χ3v) is 6.25. The highest BCUT2D eigenvalue weighted by molar-refractivity contribution is 6.00. The Bertz CT molecular complexity index is 1170. The van der Waals surface area contributed by atoms with Crippen LogP contribution in [0.4, 0.5) is 8.78 Å². The van der Waals surface area contributed by atoms with E-state index < -0.39 is 17.7 Å². The maximum absolute atomic E-state index is 13.8. The van der Waals surface area contributed by atoms with Gasteiger partial charge in [-0.15, -0.1) is 0 Å². The van der Waals surface area contributed by atoms with Crippen LogP contribution >= 0.6 is 0 Å². The van der Waals surface area contributed by atoms with E-state index in [2.05, 4.69) is 23.5 Å². The van der Waals surface area contributed by atoms with Gasteiger partial charge in [0.1, 0.15) is 0 Å². The van der Waals surface area contributed by atoms with Crippen molar-refractivity contribution in [2.24, 2.45) is 16.5 Å². The summed E-state index contributed by atoms with van der Waals surface area (Å²) in [4.78, 5) is 42.4. The van der Waals surface area contributed by atoms with Gasteiger partial charge < -0.3 is 26.4 Å². The minimum atomic E-state index is -3.35. The topological polar surface area (TPSA) is 140 Å². The molecule has 1 aromatic rings. The molecule has 3 amide bonds. The van der Waals surface area contributed by atoms with Gasteiger partial charge in [-0.1, -0.05) is 38.1 Å². The van der Waals surface area contributed by atoms with E-state index in [1.807, 2.05) is 0 Å². The van der Waals surface area contributed by atoms with Gasteiger partial charge in [0.15, 0.2) is 0 Å². The maximum Gasteiger partial charge on any atom is 0.319 e. The second-order valence-corrected chi connectivity index (χ2v) is 9.17. The minimum absolute atomic E-state index is 0.0110. The molecule has 2 aliphatic rings. The lowest BCUT2D eigenvalue weighted by Crippen LogP contribution is -2.53. The number of halogens is 2. The standard InChI is InChI=1S/C26H31F2N5O4/c1-4-37-25(26(3,27)28)31-15(2)16-9-10-17-14-33(24(36)19(17)11-16)21-8-6-5-7-20(21)32-23(35)13-18(29)12-22(30)34/h4,9-12,20-21H,1-2,5-8,13-14,29H2,3H3,(H2,30,34)(H,32,35)/b18-12-,31-25?. The Morgan fingerprint density at radius 1 is 1.30 bits per heavy atom. The van der Waals surface area contributed by atoms with Crippen LogP contribution in [0.2, 0.25) is 0 Å². The van der Waals surface area contributed by atoms with Crippen molar-refractivity contribution < 1.29 is 27.9 Å². The summed E-state index contributed by atoms with van der Waals surface area (Å²) in [5.41, 5.74) is 12.4. The summed E-state index contributed by atoms with van der Waals surface area (Å²) in [6, 6.07) is 4.46. The fourth-order valence-electron chi connectivity index (χ4n) is 4.59. The minimum Gasteiger partial charge on any atom is -0.446 e. The second kappa shape index (κ2) is 11.4. The molecule has 0 bridgehead atoms. The first-order chi connectivity index (χ1) is 17.4. The Labute approximate surface area is 213 Å². The molecule has 37 heavy (non-hydrogen) atoms. The zero-order valence-electron chi connectivity index (χ0n) is 20.6. The van der Waals surface area contributed by atoms with Crippen LogP contribution in [0.5, 0.6) is 0 Å². The van der Waals surface area contributed by atoms with Crippen molar-refractivity contribution in [1.29, 1.82) is 0 Å². The van der Waals surface area contributed by atoms with E-state index in [0.717, 1.165) is 30.7 Å². The van der Waals surface area contributed by atoms with Crippen LogP contribution in [0, 0.1) is 0 Å². The number of amides is 3. The number of carbonyl (C=O) groups is 3. The number of nitrogens with two attached hydrogens (primary N) is 2. The molecule has 1 fully saturated rings. The van der Waals surface area contributed by atoms with Gasteiger partial charge in [0.2, 0.25) is 11.8 Å². The van der Waals surface area contributed by atoms with Crippen molar-refractivity contribution in [3.63, 3.8) is 0 Å². The van der Waals surface area contributed by atoms with E-state index in [-0.39, 0.29) is 41.7 Å². The molecule has 0 saturated heterocycles. The number of nitrogens with zero attached hydrogens (tertiary/aromatic N) is 2. The van der Waals surface area contributed by atoms with Crippen molar-refractivity contribution in [1.82, 2.24) is 10.2 Å². The predicted molar refractivity (Wildman–Crippen MR) is 135 cm³/mol. The van der Waals surface area contributed by atoms with Crippen LogP contribution in [0.3, 0.4) is 0 Å². The largest absolute Gasteiger partial charge is 0.446 e. The van der Waals surface area contributed by atoms with Crippen molar-refractivity contribution in [2.45, 2.75) is 63.6 Å². The molecule has 9 nitrogen and oxygen atoms in total. The van der Waals surface area contributed by atoms with Crippen LogP contribution in [-0.4, -0.2) is 46.5 Å². The highest BCUT2D eigenvalue weighted by atomic mass is 19.3. The molecular weight excluding hydrogens is 484 g/mol. The van der Waals surface area contributed by atoms with Gasteiger partial charge in [-0.05, 0) is 24.5 Å². The molecule has 198 valence electrons. The smallest absolute Gasteiger partial charge is 0.319 e. The first kappa shape index (κ1) is 27.6. The van der Waals surface area contributed by atoms with E-state index in [1.54, 1.807) is 23.1 Å². The van der Waals surface area contributed by atoms with Gasteiger partial charge in [-0.2, -0.15) is 8.78 Å². The number of alkyl halides is 2. The fraction of sp³-hybridized carbons (Fsp3) is 0.385. The van der Waals surface area contributed by atoms with Gasteiger partial charge in [0.25, 0.3) is 11.8 Å². The van der Waals surface area contributed by atoms with Crippen molar-refractivity contribution in [3.8, 4) is 0 Å². The summed E-state index contributed by atoms with van der Waals surface area (Å²) < 4.78 is 32.3. The van der Waals surface area contributed by atoms with Crippen LogP contribution in [0.25, 0.3) is 5.70 Å². The monoisotopic (exact) mass is 515 g/mol. The average molecular weight is 516 g/mol. The Morgan fingerprint density at radius 2 is 2.00 bits per heavy atom. The lowest BCUT2D eigenvalue weighted by atomic mass is 9.89.